The maximum Gasteiger partial charge on any atom is 0.176 e. The molecule has 0 spiro atoms. The van der Waals surface area contributed by atoms with Crippen LogP contribution in [0.15, 0.2) is 12.4 Å². The lowest BCUT2D eigenvalue weighted by Crippen LogP contribution is -2.06. The monoisotopic (exact) mass is 257 g/mol. The van der Waals surface area contributed by atoms with Crippen LogP contribution in [0.5, 0.6) is 0 Å². The van der Waals surface area contributed by atoms with Crippen molar-refractivity contribution >= 4 is 33.7 Å². The molecule has 0 radical (unpaired) electrons. The Morgan fingerprint density at radius 2 is 2.21 bits per heavy atom. The lowest BCUT2D eigenvalue weighted by atomic mass is 10.2. The predicted octanol–water partition coefficient (Wildman–Crippen LogP) is 1.73. The van der Waals surface area contributed by atoms with Gasteiger partial charge in [0.05, 0.1) is 17.5 Å². The van der Waals surface area contributed by atoms with Crippen molar-refractivity contribution in [3.8, 4) is 0 Å². The summed E-state index contributed by atoms with van der Waals surface area (Å²) < 4.78 is 3.79. The van der Waals surface area contributed by atoms with Crippen LogP contribution in [0.4, 0.5) is 5.82 Å². The minimum atomic E-state index is 0.0220. The fourth-order valence-corrected chi connectivity index (χ4v) is 2.55. The Balaban J connectivity index is 2.56. The van der Waals surface area contributed by atoms with Crippen molar-refractivity contribution in [2.45, 2.75) is 20.4 Å². The van der Waals surface area contributed by atoms with Crippen molar-refractivity contribution < 1.29 is 4.79 Å². The molecule has 0 unspecified atom stereocenters. The Kier molecular flexibility index (Phi) is 2.35. The van der Waals surface area contributed by atoms with E-state index in [0.717, 1.165) is 16.6 Å². The number of pyridine rings is 1. The third-order valence-electron chi connectivity index (χ3n) is 3.41. The number of aromatic nitrogens is 4. The second kappa shape index (κ2) is 3.81. The van der Waals surface area contributed by atoms with Gasteiger partial charge in [-0.15, -0.1) is 0 Å². The van der Waals surface area contributed by atoms with Crippen molar-refractivity contribution in [3.05, 3.63) is 18.1 Å². The molecule has 0 amide bonds. The number of nitrogen functional groups attached to an aromatic ring is 1. The Hall–Kier alpha value is -2.37. The summed E-state index contributed by atoms with van der Waals surface area (Å²) >= 11 is 0. The second-order valence-corrected chi connectivity index (χ2v) is 4.62. The molecule has 19 heavy (non-hydrogen) atoms. The van der Waals surface area contributed by atoms with E-state index >= 15 is 0 Å². The Labute approximate surface area is 109 Å². The molecule has 0 atom stereocenters. The first-order valence-corrected chi connectivity index (χ1v) is 6.15. The number of Topliss-reactive ketones (excluding diaryl/α,β-unsaturated/α-hetero) is 1. The van der Waals surface area contributed by atoms with Crippen molar-refractivity contribution in [2.75, 3.05) is 5.73 Å². The van der Waals surface area contributed by atoms with Crippen LogP contribution in [-0.4, -0.2) is 24.9 Å². The maximum atomic E-state index is 11.7. The lowest BCUT2D eigenvalue weighted by Gasteiger charge is -2.05. The van der Waals surface area contributed by atoms with Crippen LogP contribution in [0.1, 0.15) is 24.3 Å². The van der Waals surface area contributed by atoms with Crippen LogP contribution in [0.3, 0.4) is 0 Å². The average molecular weight is 257 g/mol. The molecule has 0 fully saturated rings. The maximum absolute atomic E-state index is 11.7. The number of fused-ring (bicyclic) bond motifs is 3. The summed E-state index contributed by atoms with van der Waals surface area (Å²) in [5.41, 5.74) is 8.94. The summed E-state index contributed by atoms with van der Waals surface area (Å²) in [7, 11) is 1.91. The Morgan fingerprint density at radius 3 is 2.84 bits per heavy atom. The zero-order valence-corrected chi connectivity index (χ0v) is 11.1. The third-order valence-corrected chi connectivity index (χ3v) is 3.41. The van der Waals surface area contributed by atoms with E-state index in [9.17, 15) is 4.79 Å². The number of anilines is 1. The number of hydrogen-bond donors (Lipinski definition) is 1. The van der Waals surface area contributed by atoms with Gasteiger partial charge in [0, 0.05) is 25.9 Å². The summed E-state index contributed by atoms with van der Waals surface area (Å²) in [5, 5.41) is 0.913. The van der Waals surface area contributed by atoms with Crippen molar-refractivity contribution in [3.63, 3.8) is 0 Å². The molecule has 98 valence electrons. The van der Waals surface area contributed by atoms with Gasteiger partial charge < -0.3 is 14.9 Å². The molecule has 0 saturated carbocycles. The van der Waals surface area contributed by atoms with Gasteiger partial charge >= 0.3 is 0 Å². The average Bonchev–Trinajstić information content (AvgIpc) is 2.90. The number of carbonyl (C=O) groups excluding carboxylic acids is 1. The first kappa shape index (κ1) is 11.7. The minimum Gasteiger partial charge on any atom is -0.382 e. The van der Waals surface area contributed by atoms with E-state index in [-0.39, 0.29) is 5.78 Å². The highest BCUT2D eigenvalue weighted by atomic mass is 16.1. The molecule has 0 aliphatic carbocycles. The van der Waals surface area contributed by atoms with Gasteiger partial charge in [-0.05, 0) is 13.0 Å². The molecule has 3 heterocycles. The molecule has 2 N–H and O–H groups in total. The molecule has 0 aliphatic heterocycles. The summed E-state index contributed by atoms with van der Waals surface area (Å²) in [6, 6.07) is 1.87. The van der Waals surface area contributed by atoms with Crippen LogP contribution in [0, 0.1) is 0 Å². The smallest absolute Gasteiger partial charge is 0.176 e. The van der Waals surface area contributed by atoms with E-state index in [1.54, 1.807) is 13.3 Å². The summed E-state index contributed by atoms with van der Waals surface area (Å²) in [6.45, 7) is 4.22. The minimum absolute atomic E-state index is 0.0220. The van der Waals surface area contributed by atoms with Gasteiger partial charge in [-0.1, -0.05) is 0 Å². The van der Waals surface area contributed by atoms with Gasteiger partial charge in [-0.25, -0.2) is 9.97 Å². The molecule has 0 aromatic carbocycles. The molecule has 0 saturated heterocycles. The zero-order valence-electron chi connectivity index (χ0n) is 11.1. The van der Waals surface area contributed by atoms with E-state index < -0.39 is 0 Å². The van der Waals surface area contributed by atoms with Gasteiger partial charge in [-0.2, -0.15) is 0 Å². The van der Waals surface area contributed by atoms with Crippen LogP contribution in [-0.2, 0) is 13.6 Å². The van der Waals surface area contributed by atoms with E-state index in [4.69, 9.17) is 5.73 Å². The summed E-state index contributed by atoms with van der Waals surface area (Å²) in [6.07, 6.45) is 1.71. The molecular formula is C13H15N5O. The highest BCUT2D eigenvalue weighted by molar-refractivity contribution is 6.09. The molecular weight excluding hydrogens is 242 g/mol. The lowest BCUT2D eigenvalue weighted by molar-refractivity contribution is 0.100. The zero-order chi connectivity index (χ0) is 13.7. The predicted molar refractivity (Wildman–Crippen MR) is 74.1 cm³/mol. The topological polar surface area (TPSA) is 78.7 Å². The third kappa shape index (κ3) is 1.46. The number of aryl methyl sites for hydroxylation is 2. The van der Waals surface area contributed by atoms with E-state index in [0.29, 0.717) is 23.6 Å². The normalized spacial score (nSPS) is 11.5. The number of nitrogens with zero attached hydrogens (tertiary/aromatic N) is 4. The quantitative estimate of drug-likeness (QED) is 0.709. The Morgan fingerprint density at radius 1 is 1.47 bits per heavy atom. The van der Waals surface area contributed by atoms with E-state index in [1.165, 1.54) is 0 Å². The molecule has 3 aromatic rings. The highest BCUT2D eigenvalue weighted by Gasteiger charge is 2.18. The Bertz CT molecular complexity index is 812. The standard InChI is InChI=1S/C13H15N5O/c1-4-18-9(7(2)19)5-8-11-10(15-6-17(11)3)12(14)16-13(8)18/h5-6H,4H2,1-3H3,(H2,14,16). The highest BCUT2D eigenvalue weighted by Crippen LogP contribution is 2.29. The van der Waals surface area contributed by atoms with Crippen LogP contribution >= 0.6 is 0 Å². The summed E-state index contributed by atoms with van der Waals surface area (Å²) in [4.78, 5) is 20.4. The number of carbonyl (C=O) groups is 1. The number of rotatable bonds is 2. The fourth-order valence-electron chi connectivity index (χ4n) is 2.55. The molecule has 0 bridgehead atoms. The van der Waals surface area contributed by atoms with E-state index in [1.807, 2.05) is 29.2 Å². The number of hydrogen-bond acceptors (Lipinski definition) is 4. The van der Waals surface area contributed by atoms with Gasteiger partial charge in [0.25, 0.3) is 0 Å². The molecule has 0 aliphatic rings. The second-order valence-electron chi connectivity index (χ2n) is 4.62. The van der Waals surface area contributed by atoms with Gasteiger partial charge in [0.2, 0.25) is 0 Å². The summed E-state index contributed by atoms with van der Waals surface area (Å²) in [5.74, 6) is 0.416. The molecule has 6 nitrogen and oxygen atoms in total. The molecule has 6 heteroatoms. The van der Waals surface area contributed by atoms with Gasteiger partial charge in [0.1, 0.15) is 11.2 Å². The molecule has 3 aromatic heterocycles. The van der Waals surface area contributed by atoms with Crippen LogP contribution in [0.25, 0.3) is 22.1 Å². The van der Waals surface area contributed by atoms with Gasteiger partial charge in [0.15, 0.2) is 11.6 Å². The van der Waals surface area contributed by atoms with E-state index in [2.05, 4.69) is 9.97 Å². The number of ketones is 1. The van der Waals surface area contributed by atoms with Crippen LogP contribution in [0.2, 0.25) is 0 Å². The fraction of sp³-hybridized carbons (Fsp3) is 0.308. The first-order chi connectivity index (χ1) is 9.04. The molecule has 3 rings (SSSR count). The van der Waals surface area contributed by atoms with Gasteiger partial charge in [-0.3, -0.25) is 4.79 Å². The number of imidazole rings is 1. The number of nitrogens with two attached hydrogens (primary N) is 1. The largest absolute Gasteiger partial charge is 0.382 e. The van der Waals surface area contributed by atoms with Crippen molar-refractivity contribution in [2.24, 2.45) is 7.05 Å². The van der Waals surface area contributed by atoms with Crippen molar-refractivity contribution in [1.29, 1.82) is 0 Å². The SMILES string of the molecule is CCn1c(C(C)=O)cc2c3c(ncn3C)c(N)nc21. The van der Waals surface area contributed by atoms with Crippen LogP contribution < -0.4 is 5.73 Å². The first-order valence-electron chi connectivity index (χ1n) is 6.15. The van der Waals surface area contributed by atoms with Crippen molar-refractivity contribution in [1.82, 2.24) is 19.1 Å².